The van der Waals surface area contributed by atoms with E-state index in [0.29, 0.717) is 17.7 Å². The predicted molar refractivity (Wildman–Crippen MR) is 78.5 cm³/mol. The Balaban J connectivity index is 1.78. The van der Waals surface area contributed by atoms with Gasteiger partial charge in [0.05, 0.1) is 0 Å². The zero-order valence-electron chi connectivity index (χ0n) is 11.6. The molecular formula is C15H22BrNO3. The molecule has 2 aliphatic carbocycles. The fourth-order valence-electron chi connectivity index (χ4n) is 4.17. The zero-order chi connectivity index (χ0) is 14.3. The second-order valence-electron chi connectivity index (χ2n) is 6.63. The van der Waals surface area contributed by atoms with Gasteiger partial charge in [-0.05, 0) is 38.5 Å². The van der Waals surface area contributed by atoms with Crippen LogP contribution in [-0.4, -0.2) is 33.3 Å². The van der Waals surface area contributed by atoms with Crippen molar-refractivity contribution in [3.05, 3.63) is 0 Å². The first kappa shape index (κ1) is 14.5. The predicted octanol–water partition coefficient (Wildman–Crippen LogP) is 1.93. The molecule has 5 heteroatoms. The number of halogens is 1. The Morgan fingerprint density at radius 2 is 2.05 bits per heavy atom. The van der Waals surface area contributed by atoms with Crippen LogP contribution in [0.1, 0.15) is 51.4 Å². The van der Waals surface area contributed by atoms with Gasteiger partial charge in [-0.1, -0.05) is 22.4 Å². The summed E-state index contributed by atoms with van der Waals surface area (Å²) in [6.07, 6.45) is 6.48. The minimum Gasteiger partial charge on any atom is -0.380 e. The number of fused-ring (bicyclic) bond motifs is 1. The van der Waals surface area contributed by atoms with Crippen LogP contribution in [0.3, 0.4) is 0 Å². The third-order valence-corrected chi connectivity index (χ3v) is 6.18. The van der Waals surface area contributed by atoms with Crippen LogP contribution in [0.15, 0.2) is 0 Å². The van der Waals surface area contributed by atoms with Gasteiger partial charge in [0.15, 0.2) is 0 Å². The molecule has 3 aliphatic rings. The molecule has 4 nitrogen and oxygen atoms in total. The van der Waals surface area contributed by atoms with Crippen LogP contribution in [0, 0.1) is 11.8 Å². The number of rotatable bonds is 2. The Morgan fingerprint density at radius 3 is 2.80 bits per heavy atom. The summed E-state index contributed by atoms with van der Waals surface area (Å²) in [5.74, 6) is -0.212. The maximum absolute atomic E-state index is 12.3. The van der Waals surface area contributed by atoms with Gasteiger partial charge in [-0.15, -0.1) is 0 Å². The minimum atomic E-state index is -1.34. The number of ketones is 1. The average Bonchev–Trinajstić information content (AvgIpc) is 2.65. The summed E-state index contributed by atoms with van der Waals surface area (Å²) < 4.78 is 0. The molecule has 1 aliphatic heterocycles. The van der Waals surface area contributed by atoms with E-state index in [1.807, 2.05) is 0 Å². The van der Waals surface area contributed by atoms with E-state index in [0.717, 1.165) is 38.5 Å². The molecule has 2 N–H and O–H groups in total. The highest BCUT2D eigenvalue weighted by molar-refractivity contribution is 9.09. The van der Waals surface area contributed by atoms with Crippen LogP contribution in [0.25, 0.3) is 0 Å². The summed E-state index contributed by atoms with van der Waals surface area (Å²) in [6.45, 7) is 0. The summed E-state index contributed by atoms with van der Waals surface area (Å²) in [5, 5.41) is 13.9. The molecule has 0 aromatic rings. The average molecular weight is 344 g/mol. The Labute approximate surface area is 127 Å². The molecule has 0 bridgehead atoms. The highest BCUT2D eigenvalue weighted by Gasteiger charge is 2.56. The van der Waals surface area contributed by atoms with Crippen molar-refractivity contribution in [2.24, 2.45) is 11.8 Å². The molecule has 0 aromatic carbocycles. The van der Waals surface area contributed by atoms with Crippen LogP contribution in [0.5, 0.6) is 0 Å². The van der Waals surface area contributed by atoms with E-state index >= 15 is 0 Å². The van der Waals surface area contributed by atoms with Gasteiger partial charge >= 0.3 is 0 Å². The molecule has 1 saturated heterocycles. The molecule has 1 amide bonds. The van der Waals surface area contributed by atoms with Gasteiger partial charge in [0.25, 0.3) is 5.91 Å². The van der Waals surface area contributed by atoms with Crippen molar-refractivity contribution in [1.29, 1.82) is 0 Å². The van der Waals surface area contributed by atoms with E-state index in [1.165, 1.54) is 0 Å². The van der Waals surface area contributed by atoms with Crippen molar-refractivity contribution in [2.75, 3.05) is 0 Å². The van der Waals surface area contributed by atoms with Crippen molar-refractivity contribution < 1.29 is 14.7 Å². The molecule has 112 valence electrons. The SMILES string of the molecule is O=C1CCCCC1CC1(O)C(=O)NC2CCC(Br)CC21. The molecule has 0 radical (unpaired) electrons. The van der Waals surface area contributed by atoms with E-state index in [9.17, 15) is 14.7 Å². The molecule has 5 unspecified atom stereocenters. The number of nitrogens with one attached hydrogen (secondary N) is 1. The third kappa shape index (κ3) is 2.43. The summed E-state index contributed by atoms with van der Waals surface area (Å²) >= 11 is 3.62. The smallest absolute Gasteiger partial charge is 0.252 e. The van der Waals surface area contributed by atoms with Crippen LogP contribution < -0.4 is 5.32 Å². The van der Waals surface area contributed by atoms with E-state index in [4.69, 9.17) is 0 Å². The van der Waals surface area contributed by atoms with Crippen molar-refractivity contribution in [3.63, 3.8) is 0 Å². The van der Waals surface area contributed by atoms with Gasteiger partial charge in [-0.2, -0.15) is 0 Å². The first-order valence-electron chi connectivity index (χ1n) is 7.71. The number of hydrogen-bond acceptors (Lipinski definition) is 3. The van der Waals surface area contributed by atoms with Gasteiger partial charge in [-0.3, -0.25) is 9.59 Å². The van der Waals surface area contributed by atoms with Gasteiger partial charge in [0.2, 0.25) is 0 Å². The Bertz CT molecular complexity index is 427. The Kier molecular flexibility index (Phi) is 3.93. The number of alkyl halides is 1. The van der Waals surface area contributed by atoms with E-state index in [-0.39, 0.29) is 29.6 Å². The lowest BCUT2D eigenvalue weighted by Gasteiger charge is -2.37. The third-order valence-electron chi connectivity index (χ3n) is 5.35. The normalized spacial score (nSPS) is 45.1. The topological polar surface area (TPSA) is 66.4 Å². The molecule has 20 heavy (non-hydrogen) atoms. The van der Waals surface area contributed by atoms with Crippen molar-refractivity contribution in [3.8, 4) is 0 Å². The molecule has 1 heterocycles. The first-order chi connectivity index (χ1) is 9.50. The molecule has 5 atom stereocenters. The molecule has 0 aromatic heterocycles. The largest absolute Gasteiger partial charge is 0.380 e. The van der Waals surface area contributed by atoms with Crippen LogP contribution in [0.2, 0.25) is 0 Å². The first-order valence-corrected chi connectivity index (χ1v) is 8.62. The highest BCUT2D eigenvalue weighted by Crippen LogP contribution is 2.44. The van der Waals surface area contributed by atoms with Crippen LogP contribution in [0.4, 0.5) is 0 Å². The standard InChI is InChI=1S/C15H22BrNO3/c16-10-5-6-12-11(7-10)15(20,14(19)17-12)8-9-3-1-2-4-13(9)18/h9-12,20H,1-8H2,(H,17,19). The van der Waals surface area contributed by atoms with Gasteiger partial charge in [0, 0.05) is 29.1 Å². The summed E-state index contributed by atoms with van der Waals surface area (Å²) in [7, 11) is 0. The van der Waals surface area contributed by atoms with Crippen molar-refractivity contribution >= 4 is 27.6 Å². The Hall–Kier alpha value is -0.420. The molecule has 3 rings (SSSR count). The molecule has 2 saturated carbocycles. The van der Waals surface area contributed by atoms with Crippen LogP contribution >= 0.6 is 15.9 Å². The monoisotopic (exact) mass is 343 g/mol. The fourth-order valence-corrected chi connectivity index (χ4v) is 4.84. The number of Topliss-reactive ketones (excluding diaryl/α,β-unsaturated/α-hetero) is 1. The lowest BCUT2D eigenvalue weighted by atomic mass is 9.71. The number of hydrogen-bond donors (Lipinski definition) is 2. The highest BCUT2D eigenvalue weighted by atomic mass is 79.9. The second-order valence-corrected chi connectivity index (χ2v) is 7.93. The number of amides is 1. The molecular weight excluding hydrogens is 322 g/mol. The fraction of sp³-hybridized carbons (Fsp3) is 0.867. The summed E-state index contributed by atoms with van der Waals surface area (Å²) in [5.41, 5.74) is -1.34. The summed E-state index contributed by atoms with van der Waals surface area (Å²) in [6, 6.07) is 0.0833. The molecule has 0 spiro atoms. The number of carbonyl (C=O) groups is 2. The van der Waals surface area contributed by atoms with E-state index in [2.05, 4.69) is 21.2 Å². The second kappa shape index (κ2) is 5.41. The summed E-state index contributed by atoms with van der Waals surface area (Å²) in [4.78, 5) is 24.6. The maximum Gasteiger partial charge on any atom is 0.252 e. The quantitative estimate of drug-likeness (QED) is 0.753. The van der Waals surface area contributed by atoms with E-state index in [1.54, 1.807) is 0 Å². The van der Waals surface area contributed by atoms with Crippen molar-refractivity contribution in [2.45, 2.75) is 67.8 Å². The van der Waals surface area contributed by atoms with Crippen LogP contribution in [-0.2, 0) is 9.59 Å². The molecule has 3 fully saturated rings. The van der Waals surface area contributed by atoms with Crippen molar-refractivity contribution in [1.82, 2.24) is 5.32 Å². The maximum atomic E-state index is 12.3. The number of aliphatic hydroxyl groups is 1. The lowest BCUT2D eigenvalue weighted by molar-refractivity contribution is -0.143. The van der Waals surface area contributed by atoms with Gasteiger partial charge in [0.1, 0.15) is 11.4 Å². The Morgan fingerprint density at radius 1 is 1.25 bits per heavy atom. The van der Waals surface area contributed by atoms with Gasteiger partial charge < -0.3 is 10.4 Å². The lowest BCUT2D eigenvalue weighted by Crippen LogP contribution is -2.47. The minimum absolute atomic E-state index is 0.0529. The zero-order valence-corrected chi connectivity index (χ0v) is 13.2. The number of carbonyl (C=O) groups excluding carboxylic acids is 2. The van der Waals surface area contributed by atoms with E-state index < -0.39 is 5.60 Å². The van der Waals surface area contributed by atoms with Gasteiger partial charge in [-0.25, -0.2) is 0 Å².